The topological polar surface area (TPSA) is 90.3 Å². The van der Waals surface area contributed by atoms with Gasteiger partial charge in [-0.25, -0.2) is 4.79 Å². The van der Waals surface area contributed by atoms with Gasteiger partial charge in [0.2, 0.25) is 0 Å². The van der Waals surface area contributed by atoms with E-state index in [2.05, 4.69) is 10.4 Å². The van der Waals surface area contributed by atoms with Gasteiger partial charge in [0.15, 0.2) is 5.69 Å². The van der Waals surface area contributed by atoms with Crippen LogP contribution in [-0.2, 0) is 4.74 Å². The molecule has 0 aliphatic rings. The lowest BCUT2D eigenvalue weighted by atomic mass is 10.1. The first-order chi connectivity index (χ1) is 15.0. The Morgan fingerprint density at radius 3 is 2.32 bits per heavy atom. The van der Waals surface area contributed by atoms with E-state index >= 15 is 0 Å². The van der Waals surface area contributed by atoms with E-state index < -0.39 is 11.9 Å². The number of ether oxygens (including phenoxy) is 1. The number of aromatic nitrogens is 2. The number of anilines is 1. The highest BCUT2D eigenvalue weighted by Crippen LogP contribution is 2.21. The minimum atomic E-state index is -0.564. The molecule has 0 aliphatic carbocycles. The van der Waals surface area contributed by atoms with Crippen LogP contribution < -0.4 is 10.9 Å². The van der Waals surface area contributed by atoms with Gasteiger partial charge in [-0.05, 0) is 37.3 Å². The monoisotopic (exact) mass is 413 g/mol. The van der Waals surface area contributed by atoms with Crippen molar-refractivity contribution in [3.63, 3.8) is 0 Å². The first kappa shape index (κ1) is 20.0. The molecule has 0 saturated heterocycles. The number of nitrogens with one attached hydrogen (secondary N) is 1. The lowest BCUT2D eigenvalue weighted by molar-refractivity contribution is 0.0602. The number of para-hydroxylation sites is 1. The predicted octanol–water partition coefficient (Wildman–Crippen LogP) is 3.73. The van der Waals surface area contributed by atoms with Gasteiger partial charge in [-0.2, -0.15) is 9.78 Å². The summed E-state index contributed by atoms with van der Waals surface area (Å²) in [6.45, 7) is 1.84. The second kappa shape index (κ2) is 8.23. The SMILES string of the molecule is COC(=O)c1cc(C)ccc1NC(=O)c1nn(-c2ccccc2)c(=O)c2ccccc12. The molecule has 1 heterocycles. The van der Waals surface area contributed by atoms with E-state index in [4.69, 9.17) is 4.74 Å². The van der Waals surface area contributed by atoms with Crippen LogP contribution in [0.15, 0.2) is 77.6 Å². The number of nitrogens with zero attached hydrogens (tertiary/aromatic N) is 2. The third kappa shape index (κ3) is 3.81. The molecule has 0 radical (unpaired) electrons. The van der Waals surface area contributed by atoms with E-state index in [1.54, 1.807) is 66.7 Å². The van der Waals surface area contributed by atoms with E-state index in [1.807, 2.05) is 13.0 Å². The molecule has 3 aromatic carbocycles. The van der Waals surface area contributed by atoms with Crippen LogP contribution in [0.25, 0.3) is 16.5 Å². The summed E-state index contributed by atoms with van der Waals surface area (Å²) in [4.78, 5) is 38.4. The van der Waals surface area contributed by atoms with Gasteiger partial charge >= 0.3 is 5.97 Å². The zero-order valence-corrected chi connectivity index (χ0v) is 17.0. The molecule has 4 aromatic rings. The van der Waals surface area contributed by atoms with E-state index in [0.717, 1.165) is 5.56 Å². The number of carbonyl (C=O) groups is 2. The van der Waals surface area contributed by atoms with Crippen LogP contribution in [0.4, 0.5) is 5.69 Å². The van der Waals surface area contributed by atoms with Crippen molar-refractivity contribution in [2.75, 3.05) is 12.4 Å². The minimum Gasteiger partial charge on any atom is -0.465 e. The van der Waals surface area contributed by atoms with Gasteiger partial charge in [0.05, 0.1) is 29.4 Å². The molecule has 1 aromatic heterocycles. The van der Waals surface area contributed by atoms with Crippen LogP contribution in [-0.4, -0.2) is 28.8 Å². The predicted molar refractivity (Wildman–Crippen MR) is 118 cm³/mol. The van der Waals surface area contributed by atoms with Crippen molar-refractivity contribution in [2.45, 2.75) is 6.92 Å². The molecular formula is C24H19N3O4. The highest BCUT2D eigenvalue weighted by Gasteiger charge is 2.20. The molecule has 0 fully saturated rings. The Morgan fingerprint density at radius 1 is 0.935 bits per heavy atom. The van der Waals surface area contributed by atoms with E-state index in [9.17, 15) is 14.4 Å². The van der Waals surface area contributed by atoms with Crippen molar-refractivity contribution in [3.8, 4) is 5.69 Å². The average molecular weight is 413 g/mol. The Kier molecular flexibility index (Phi) is 5.32. The standard InChI is InChI=1S/C24H19N3O4/c1-15-12-13-20(19(14-15)24(30)31-2)25-22(28)21-17-10-6-7-11-18(17)23(29)27(26-21)16-8-4-3-5-9-16/h3-14H,1-2H3,(H,25,28). The second-order valence-corrected chi connectivity index (χ2v) is 6.94. The van der Waals surface area contributed by atoms with Crippen LogP contribution >= 0.6 is 0 Å². The number of carbonyl (C=O) groups excluding carboxylic acids is 2. The number of fused-ring (bicyclic) bond motifs is 1. The molecule has 0 atom stereocenters. The van der Waals surface area contributed by atoms with E-state index in [-0.39, 0.29) is 16.8 Å². The molecule has 0 unspecified atom stereocenters. The number of esters is 1. The largest absolute Gasteiger partial charge is 0.465 e. The summed E-state index contributed by atoms with van der Waals surface area (Å²) < 4.78 is 6.03. The second-order valence-electron chi connectivity index (χ2n) is 6.94. The highest BCUT2D eigenvalue weighted by molar-refractivity contribution is 6.13. The molecule has 1 amide bonds. The molecule has 7 nitrogen and oxygen atoms in total. The van der Waals surface area contributed by atoms with Gasteiger partial charge in [-0.15, -0.1) is 0 Å². The number of aryl methyl sites for hydroxylation is 1. The fourth-order valence-corrected chi connectivity index (χ4v) is 3.33. The van der Waals surface area contributed by atoms with Crippen LogP contribution in [0.3, 0.4) is 0 Å². The van der Waals surface area contributed by atoms with Crippen molar-refractivity contribution in [1.82, 2.24) is 9.78 Å². The van der Waals surface area contributed by atoms with Crippen molar-refractivity contribution < 1.29 is 14.3 Å². The van der Waals surface area contributed by atoms with Crippen LogP contribution in [0, 0.1) is 6.92 Å². The van der Waals surface area contributed by atoms with Gasteiger partial charge in [0.25, 0.3) is 11.5 Å². The van der Waals surface area contributed by atoms with Crippen LogP contribution in [0.5, 0.6) is 0 Å². The fraction of sp³-hybridized carbons (Fsp3) is 0.0833. The van der Waals surface area contributed by atoms with Crippen LogP contribution in [0.1, 0.15) is 26.4 Å². The summed E-state index contributed by atoms with van der Waals surface area (Å²) in [5.74, 6) is -1.11. The third-order valence-electron chi connectivity index (χ3n) is 4.85. The Morgan fingerprint density at radius 2 is 1.61 bits per heavy atom. The molecule has 0 spiro atoms. The van der Waals surface area contributed by atoms with Gasteiger partial charge < -0.3 is 10.1 Å². The first-order valence-electron chi connectivity index (χ1n) is 9.57. The molecule has 0 bridgehead atoms. The average Bonchev–Trinajstić information content (AvgIpc) is 2.80. The van der Waals surface area contributed by atoms with E-state index in [0.29, 0.717) is 22.1 Å². The van der Waals surface area contributed by atoms with Crippen molar-refractivity contribution in [1.29, 1.82) is 0 Å². The summed E-state index contributed by atoms with van der Waals surface area (Å²) in [6.07, 6.45) is 0. The molecule has 7 heteroatoms. The van der Waals surface area contributed by atoms with Crippen molar-refractivity contribution >= 4 is 28.3 Å². The van der Waals surface area contributed by atoms with Gasteiger partial charge in [-0.1, -0.05) is 48.0 Å². The summed E-state index contributed by atoms with van der Waals surface area (Å²) in [6, 6.07) is 20.7. The molecule has 0 aliphatic heterocycles. The zero-order valence-electron chi connectivity index (χ0n) is 17.0. The highest BCUT2D eigenvalue weighted by atomic mass is 16.5. The molecular weight excluding hydrogens is 394 g/mol. The summed E-state index contributed by atoms with van der Waals surface area (Å²) in [7, 11) is 1.28. The maximum absolute atomic E-state index is 13.2. The maximum Gasteiger partial charge on any atom is 0.339 e. The third-order valence-corrected chi connectivity index (χ3v) is 4.85. The van der Waals surface area contributed by atoms with Gasteiger partial charge in [0, 0.05) is 5.39 Å². The molecule has 31 heavy (non-hydrogen) atoms. The number of benzene rings is 3. The quantitative estimate of drug-likeness (QED) is 0.515. The first-order valence-corrected chi connectivity index (χ1v) is 9.57. The van der Waals surface area contributed by atoms with Gasteiger partial charge in [-0.3, -0.25) is 9.59 Å². The smallest absolute Gasteiger partial charge is 0.339 e. The Balaban J connectivity index is 1.85. The minimum absolute atomic E-state index is 0.0652. The Hall–Kier alpha value is -4.26. The Labute approximate surface area is 177 Å². The number of hydrogen-bond donors (Lipinski definition) is 1. The molecule has 4 rings (SSSR count). The normalized spacial score (nSPS) is 10.6. The summed E-state index contributed by atoms with van der Waals surface area (Å²) in [5, 5.41) is 7.88. The van der Waals surface area contributed by atoms with Crippen molar-refractivity contribution in [2.24, 2.45) is 0 Å². The molecule has 1 N–H and O–H groups in total. The molecule has 0 saturated carbocycles. The Bertz CT molecular complexity index is 1360. The zero-order chi connectivity index (χ0) is 22.0. The number of amides is 1. The van der Waals surface area contributed by atoms with Crippen LogP contribution in [0.2, 0.25) is 0 Å². The fourth-order valence-electron chi connectivity index (χ4n) is 3.33. The lowest BCUT2D eigenvalue weighted by Gasteiger charge is -2.13. The summed E-state index contributed by atoms with van der Waals surface area (Å²) >= 11 is 0. The van der Waals surface area contributed by atoms with E-state index in [1.165, 1.54) is 11.8 Å². The number of methoxy groups -OCH3 is 1. The number of rotatable bonds is 4. The molecule has 154 valence electrons. The number of hydrogen-bond acceptors (Lipinski definition) is 5. The lowest BCUT2D eigenvalue weighted by Crippen LogP contribution is -2.26. The van der Waals surface area contributed by atoms with Gasteiger partial charge in [0.1, 0.15) is 0 Å². The van der Waals surface area contributed by atoms with Crippen molar-refractivity contribution in [3.05, 3.63) is 100.0 Å². The maximum atomic E-state index is 13.2. The summed E-state index contributed by atoms with van der Waals surface area (Å²) in [5.41, 5.74) is 1.65.